The molecule has 3 aromatic rings. The molecule has 0 saturated carbocycles. The molecule has 1 heterocycles. The van der Waals surface area contributed by atoms with Crippen molar-refractivity contribution >= 4 is 23.9 Å². The minimum atomic E-state index is -1.51. The average molecular weight is 529 g/mol. The third-order valence-corrected chi connectivity index (χ3v) is 5.70. The van der Waals surface area contributed by atoms with Crippen LogP contribution >= 0.6 is 0 Å². The van der Waals surface area contributed by atoms with Gasteiger partial charge >= 0.3 is 23.9 Å². The number of hydrogen-bond donors (Lipinski definition) is 0. The van der Waals surface area contributed by atoms with Crippen molar-refractivity contribution in [1.82, 2.24) is 0 Å². The van der Waals surface area contributed by atoms with Gasteiger partial charge in [-0.1, -0.05) is 60.5 Å². The molecule has 0 N–H and O–H groups in total. The maximum Gasteiger partial charge on any atom is 0.339 e. The predicted octanol–water partition coefficient (Wildman–Crippen LogP) is 3.58. The molecule has 1 saturated heterocycles. The fraction of sp³-hybridized carbons (Fsp3) is 0.200. The molecule has 5 atom stereocenters. The fourth-order valence-electron chi connectivity index (χ4n) is 3.90. The summed E-state index contributed by atoms with van der Waals surface area (Å²) >= 11 is 0. The van der Waals surface area contributed by atoms with E-state index in [1.807, 2.05) is 0 Å². The van der Waals surface area contributed by atoms with Crippen LogP contribution in [0, 0.1) is 12.3 Å². The number of terminal acetylenes is 1. The first-order chi connectivity index (χ1) is 18.9. The maximum atomic E-state index is 13.0. The molecule has 0 bridgehead atoms. The van der Waals surface area contributed by atoms with Gasteiger partial charge in [-0.3, -0.25) is 4.79 Å². The predicted molar refractivity (Wildman–Crippen MR) is 136 cm³/mol. The Balaban J connectivity index is 1.67. The second-order valence-electron chi connectivity index (χ2n) is 8.41. The van der Waals surface area contributed by atoms with E-state index in [-0.39, 0.29) is 16.7 Å². The lowest BCUT2D eigenvalue weighted by Gasteiger charge is -2.26. The average Bonchev–Trinajstić information content (AvgIpc) is 3.28. The lowest BCUT2D eigenvalue weighted by atomic mass is 10.0. The van der Waals surface area contributed by atoms with Crippen LogP contribution in [0.15, 0.2) is 91.0 Å². The topological polar surface area (TPSA) is 114 Å². The number of carbonyl (C=O) groups is 4. The molecule has 0 spiro atoms. The van der Waals surface area contributed by atoms with Gasteiger partial charge in [-0.2, -0.15) is 0 Å². The summed E-state index contributed by atoms with van der Waals surface area (Å²) in [7, 11) is 0. The SMILES string of the molecule is C#C[C@@H](OC(=O)c1ccccc1)[C@H]1OC(OC(C)=O)[C@H](OC(=O)c2ccccc2)[C@@H]1OC(=O)c1ccccc1. The second kappa shape index (κ2) is 12.5. The third-order valence-electron chi connectivity index (χ3n) is 5.70. The van der Waals surface area contributed by atoms with Gasteiger partial charge in [0.15, 0.2) is 18.3 Å². The molecule has 1 fully saturated rings. The number of hydrogen-bond acceptors (Lipinski definition) is 9. The molecule has 3 aromatic carbocycles. The van der Waals surface area contributed by atoms with Crippen LogP contribution < -0.4 is 0 Å². The van der Waals surface area contributed by atoms with E-state index in [0.29, 0.717) is 0 Å². The summed E-state index contributed by atoms with van der Waals surface area (Å²) in [5.74, 6) is -0.769. The first kappa shape index (κ1) is 27.1. The van der Waals surface area contributed by atoms with Gasteiger partial charge in [0, 0.05) is 6.92 Å². The first-order valence-electron chi connectivity index (χ1n) is 11.9. The summed E-state index contributed by atoms with van der Waals surface area (Å²) in [6.45, 7) is 1.13. The van der Waals surface area contributed by atoms with E-state index in [1.54, 1.807) is 54.6 Å². The number of benzene rings is 3. The summed E-state index contributed by atoms with van der Waals surface area (Å²) in [6.07, 6.45) is -1.43. The lowest BCUT2D eigenvalue weighted by molar-refractivity contribution is -0.190. The first-order valence-corrected chi connectivity index (χ1v) is 11.9. The van der Waals surface area contributed by atoms with Crippen LogP contribution in [0.3, 0.4) is 0 Å². The Morgan fingerprint density at radius 1 is 0.692 bits per heavy atom. The Kier molecular flexibility index (Phi) is 8.71. The normalized spacial score (nSPS) is 20.6. The Bertz CT molecular complexity index is 1350. The van der Waals surface area contributed by atoms with Crippen LogP contribution in [0.2, 0.25) is 0 Å². The molecular weight excluding hydrogens is 504 g/mol. The van der Waals surface area contributed by atoms with E-state index in [2.05, 4.69) is 5.92 Å². The highest BCUT2D eigenvalue weighted by Crippen LogP contribution is 2.32. The van der Waals surface area contributed by atoms with Gasteiger partial charge in [0.2, 0.25) is 12.4 Å². The molecule has 198 valence electrons. The largest absolute Gasteiger partial charge is 0.452 e. The molecule has 9 heteroatoms. The highest BCUT2D eigenvalue weighted by molar-refractivity contribution is 5.91. The fourth-order valence-corrected chi connectivity index (χ4v) is 3.90. The number of carbonyl (C=O) groups excluding carboxylic acids is 4. The standard InChI is InChI=1S/C30H24O9/c1-3-23(36-27(32)20-13-7-4-8-14-20)24-25(37-28(33)21-15-9-5-10-16-21)26(30(39-24)35-19(2)31)38-29(34)22-17-11-6-12-18-22/h1,4-18,23-26,30H,2H3/t23-,24-,25-,26-,30?/m1/s1. The number of ether oxygens (including phenoxy) is 5. The van der Waals surface area contributed by atoms with Crippen molar-refractivity contribution < 1.29 is 42.9 Å². The molecule has 4 rings (SSSR count). The van der Waals surface area contributed by atoms with Crippen LogP contribution in [0.5, 0.6) is 0 Å². The molecule has 0 aromatic heterocycles. The monoisotopic (exact) mass is 528 g/mol. The van der Waals surface area contributed by atoms with Gasteiger partial charge in [0.25, 0.3) is 0 Å². The van der Waals surface area contributed by atoms with E-state index in [1.165, 1.54) is 36.4 Å². The second-order valence-corrected chi connectivity index (χ2v) is 8.41. The summed E-state index contributed by atoms with van der Waals surface area (Å²) in [4.78, 5) is 50.7. The zero-order valence-corrected chi connectivity index (χ0v) is 20.8. The van der Waals surface area contributed by atoms with Gasteiger partial charge in [-0.25, -0.2) is 14.4 Å². The van der Waals surface area contributed by atoms with Crippen molar-refractivity contribution in [3.63, 3.8) is 0 Å². The molecule has 1 unspecified atom stereocenters. The highest BCUT2D eigenvalue weighted by Gasteiger charge is 2.55. The van der Waals surface area contributed by atoms with Crippen molar-refractivity contribution in [2.75, 3.05) is 0 Å². The molecule has 1 aliphatic rings. The zero-order chi connectivity index (χ0) is 27.8. The van der Waals surface area contributed by atoms with Gasteiger partial charge < -0.3 is 23.7 Å². The Labute approximate surface area is 224 Å². The molecule has 39 heavy (non-hydrogen) atoms. The minimum Gasteiger partial charge on any atom is -0.452 e. The molecular formula is C30H24O9. The van der Waals surface area contributed by atoms with E-state index in [0.717, 1.165) is 6.92 Å². The van der Waals surface area contributed by atoms with Crippen LogP contribution in [0.25, 0.3) is 0 Å². The highest BCUT2D eigenvalue weighted by atomic mass is 16.8. The molecule has 0 aliphatic carbocycles. The van der Waals surface area contributed by atoms with Crippen LogP contribution in [0.1, 0.15) is 38.0 Å². The lowest BCUT2D eigenvalue weighted by Crippen LogP contribution is -2.45. The molecule has 9 nitrogen and oxygen atoms in total. The smallest absolute Gasteiger partial charge is 0.339 e. The maximum absolute atomic E-state index is 13.0. The quantitative estimate of drug-likeness (QED) is 0.246. The van der Waals surface area contributed by atoms with Crippen LogP contribution in [-0.2, 0) is 28.5 Å². The Morgan fingerprint density at radius 2 is 1.13 bits per heavy atom. The summed E-state index contributed by atoms with van der Waals surface area (Å²) in [6, 6.07) is 24.2. The van der Waals surface area contributed by atoms with Crippen molar-refractivity contribution in [3.05, 3.63) is 108 Å². The van der Waals surface area contributed by atoms with E-state index in [9.17, 15) is 19.2 Å². The van der Waals surface area contributed by atoms with E-state index < -0.39 is 54.6 Å². The third kappa shape index (κ3) is 6.69. The molecule has 0 radical (unpaired) electrons. The van der Waals surface area contributed by atoms with Crippen molar-refractivity contribution in [3.8, 4) is 12.3 Å². The van der Waals surface area contributed by atoms with Crippen molar-refractivity contribution in [1.29, 1.82) is 0 Å². The van der Waals surface area contributed by atoms with E-state index >= 15 is 0 Å². The van der Waals surface area contributed by atoms with Crippen molar-refractivity contribution in [2.45, 2.75) is 37.6 Å². The van der Waals surface area contributed by atoms with Gasteiger partial charge in [0.05, 0.1) is 16.7 Å². The Morgan fingerprint density at radius 3 is 1.56 bits per heavy atom. The van der Waals surface area contributed by atoms with Crippen LogP contribution in [-0.4, -0.2) is 54.6 Å². The van der Waals surface area contributed by atoms with Gasteiger partial charge in [0.1, 0.15) is 0 Å². The zero-order valence-electron chi connectivity index (χ0n) is 20.8. The summed E-state index contributed by atoms with van der Waals surface area (Å²) in [5.41, 5.74) is 0.607. The van der Waals surface area contributed by atoms with Gasteiger partial charge in [-0.15, -0.1) is 6.42 Å². The minimum absolute atomic E-state index is 0.193. The van der Waals surface area contributed by atoms with Gasteiger partial charge in [-0.05, 0) is 36.4 Å². The summed E-state index contributed by atoms with van der Waals surface area (Å²) in [5, 5.41) is 0. The summed E-state index contributed by atoms with van der Waals surface area (Å²) < 4.78 is 28.0. The van der Waals surface area contributed by atoms with Crippen LogP contribution in [0.4, 0.5) is 0 Å². The van der Waals surface area contributed by atoms with E-state index in [4.69, 9.17) is 30.1 Å². The number of esters is 4. The molecule has 1 aliphatic heterocycles. The number of rotatable bonds is 8. The Hall–Kier alpha value is -4.94. The van der Waals surface area contributed by atoms with Crippen molar-refractivity contribution in [2.24, 2.45) is 0 Å². The molecule has 0 amide bonds.